The van der Waals surface area contributed by atoms with E-state index >= 15 is 0 Å². The number of fused-ring (bicyclic) bond motifs is 13. The molecule has 0 fully saturated rings. The molecule has 5 heteroatoms. The van der Waals surface area contributed by atoms with Gasteiger partial charge in [0.05, 0.1) is 22.1 Å². The first-order valence-electron chi connectivity index (χ1n) is 17.8. The fourth-order valence-corrected chi connectivity index (χ4v) is 10.1. The van der Waals surface area contributed by atoms with E-state index in [-0.39, 0.29) is 0 Å². The Morgan fingerprint density at radius 3 is 2.12 bits per heavy atom. The lowest BCUT2D eigenvalue weighted by molar-refractivity contribution is 0.668. The molecule has 11 aromatic rings. The van der Waals surface area contributed by atoms with Gasteiger partial charge in [-0.25, -0.2) is 0 Å². The number of nitrogens with zero attached hydrogens (tertiary/aromatic N) is 3. The zero-order chi connectivity index (χ0) is 33.9. The van der Waals surface area contributed by atoms with Crippen LogP contribution in [0.25, 0.3) is 104 Å². The summed E-state index contributed by atoms with van der Waals surface area (Å²) >= 11 is 1.98. The van der Waals surface area contributed by atoms with E-state index in [0.717, 1.165) is 51.7 Å². The molecule has 12 rings (SSSR count). The maximum Gasteiger partial charge on any atom is 0.153 e. The summed E-state index contributed by atoms with van der Waals surface area (Å²) in [7, 11) is 0. The third-order valence-corrected chi connectivity index (χ3v) is 12.4. The maximum absolute atomic E-state index is 6.08. The van der Waals surface area contributed by atoms with Gasteiger partial charge in [0.1, 0.15) is 11.1 Å². The lowest BCUT2D eigenvalue weighted by Crippen LogP contribution is -2.02. The van der Waals surface area contributed by atoms with Crippen molar-refractivity contribution >= 4 is 98.9 Å². The number of rotatable bonds is 3. The number of benzene rings is 6. The molecule has 52 heavy (non-hydrogen) atoms. The van der Waals surface area contributed by atoms with Gasteiger partial charge in [-0.2, -0.15) is 0 Å². The molecule has 0 spiro atoms. The SMILES string of the molecule is C1=C(n2c3ccccc3c3ccccc32)CCc2sc3c(ccc4c3c3ccccc3n4-c3cccc(-c4ccc5oc6cccnc6c5c4)c3)c21. The van der Waals surface area contributed by atoms with Crippen LogP contribution >= 0.6 is 11.3 Å². The van der Waals surface area contributed by atoms with Gasteiger partial charge in [0, 0.05) is 59.5 Å². The molecule has 5 aromatic heterocycles. The lowest BCUT2D eigenvalue weighted by Gasteiger charge is -2.17. The van der Waals surface area contributed by atoms with Gasteiger partial charge in [-0.15, -0.1) is 11.3 Å². The van der Waals surface area contributed by atoms with Gasteiger partial charge in [-0.05, 0) is 96.3 Å². The van der Waals surface area contributed by atoms with Crippen molar-refractivity contribution in [2.45, 2.75) is 12.8 Å². The number of hydrogen-bond acceptors (Lipinski definition) is 3. The molecule has 0 amide bonds. The predicted molar refractivity (Wildman–Crippen MR) is 219 cm³/mol. The average Bonchev–Trinajstić information content (AvgIpc) is 3.95. The van der Waals surface area contributed by atoms with Gasteiger partial charge < -0.3 is 13.6 Å². The molecular formula is C47H29N3OS. The standard InChI is InChI=1S/C47H29N3OS/c1-4-14-38-32(11-1)33-12-2-5-15-39(33)49(38)31-19-23-44-36(27-31)34-20-21-41-45(47(34)52-44)35-13-3-6-16-40(35)50(41)30-10-7-9-28(25-30)29-18-22-42-37(26-29)46-43(51-42)17-8-24-48-46/h1-18,20-22,24-27H,19,23H2. The Labute approximate surface area is 302 Å². The van der Waals surface area contributed by atoms with Crippen molar-refractivity contribution in [2.24, 2.45) is 0 Å². The number of furan rings is 1. The van der Waals surface area contributed by atoms with Crippen LogP contribution in [-0.2, 0) is 6.42 Å². The van der Waals surface area contributed by atoms with E-state index in [1.165, 1.54) is 69.8 Å². The Hall–Kier alpha value is -6.43. The number of thiophene rings is 1. The quantitative estimate of drug-likeness (QED) is 0.186. The van der Waals surface area contributed by atoms with Crippen LogP contribution in [-0.4, -0.2) is 14.1 Å². The smallest absolute Gasteiger partial charge is 0.153 e. The van der Waals surface area contributed by atoms with Crippen LogP contribution in [0.2, 0.25) is 0 Å². The number of aromatic nitrogens is 3. The Morgan fingerprint density at radius 2 is 1.29 bits per heavy atom. The molecule has 0 saturated carbocycles. The van der Waals surface area contributed by atoms with Crippen molar-refractivity contribution in [3.8, 4) is 16.8 Å². The van der Waals surface area contributed by atoms with Crippen LogP contribution in [0, 0.1) is 0 Å². The molecule has 5 heterocycles. The van der Waals surface area contributed by atoms with Gasteiger partial charge in [-0.3, -0.25) is 4.98 Å². The number of allylic oxidation sites excluding steroid dienone is 1. The molecule has 0 bridgehead atoms. The van der Waals surface area contributed by atoms with E-state index in [2.05, 4.69) is 148 Å². The first-order valence-corrected chi connectivity index (χ1v) is 18.6. The normalized spacial score (nSPS) is 13.3. The van der Waals surface area contributed by atoms with Gasteiger partial charge >= 0.3 is 0 Å². The van der Waals surface area contributed by atoms with Gasteiger partial charge in [0.2, 0.25) is 0 Å². The zero-order valence-corrected chi connectivity index (χ0v) is 28.8. The van der Waals surface area contributed by atoms with Crippen molar-refractivity contribution in [3.63, 3.8) is 0 Å². The number of hydrogen-bond donors (Lipinski definition) is 0. The molecular weight excluding hydrogens is 655 g/mol. The fourth-order valence-electron chi connectivity index (χ4n) is 8.79. The van der Waals surface area contributed by atoms with Crippen LogP contribution in [0.15, 0.2) is 150 Å². The molecule has 0 N–H and O–H groups in total. The Morgan fingerprint density at radius 1 is 0.538 bits per heavy atom. The van der Waals surface area contributed by atoms with Crippen molar-refractivity contribution in [3.05, 3.63) is 156 Å². The van der Waals surface area contributed by atoms with E-state index < -0.39 is 0 Å². The lowest BCUT2D eigenvalue weighted by atomic mass is 9.99. The second-order valence-corrected chi connectivity index (χ2v) is 15.0. The van der Waals surface area contributed by atoms with Crippen LogP contribution in [0.1, 0.15) is 16.9 Å². The highest BCUT2D eigenvalue weighted by Crippen LogP contribution is 2.46. The molecule has 0 atom stereocenters. The second kappa shape index (κ2) is 10.5. The number of para-hydroxylation sites is 3. The third-order valence-electron chi connectivity index (χ3n) is 11.1. The summed E-state index contributed by atoms with van der Waals surface area (Å²) < 4.78 is 12.4. The minimum absolute atomic E-state index is 0.814. The summed E-state index contributed by atoms with van der Waals surface area (Å²) in [6, 6.07) is 50.5. The summed E-state index contributed by atoms with van der Waals surface area (Å²) in [5.41, 5.74) is 13.8. The summed E-state index contributed by atoms with van der Waals surface area (Å²) in [5, 5.41) is 7.63. The fraction of sp³-hybridized carbons (Fsp3) is 0.0426. The van der Waals surface area contributed by atoms with Gasteiger partial charge in [0.25, 0.3) is 0 Å². The van der Waals surface area contributed by atoms with Crippen LogP contribution < -0.4 is 0 Å². The second-order valence-electron chi connectivity index (χ2n) is 13.8. The molecule has 0 unspecified atom stereocenters. The Balaban J connectivity index is 1.04. The van der Waals surface area contributed by atoms with Gasteiger partial charge in [0.15, 0.2) is 5.58 Å². The van der Waals surface area contributed by atoms with E-state index in [4.69, 9.17) is 4.42 Å². The van der Waals surface area contributed by atoms with E-state index in [1.807, 2.05) is 29.7 Å². The van der Waals surface area contributed by atoms with Gasteiger partial charge in [-0.1, -0.05) is 78.9 Å². The largest absolute Gasteiger partial charge is 0.454 e. The topological polar surface area (TPSA) is 35.9 Å². The average molecular weight is 684 g/mol. The molecule has 0 saturated heterocycles. The monoisotopic (exact) mass is 683 g/mol. The first kappa shape index (κ1) is 28.3. The molecule has 6 aromatic carbocycles. The Kier molecular flexibility index (Phi) is 5.74. The van der Waals surface area contributed by atoms with Crippen molar-refractivity contribution in [1.82, 2.24) is 14.1 Å². The Bertz CT molecular complexity index is 3260. The number of pyridine rings is 1. The van der Waals surface area contributed by atoms with Crippen molar-refractivity contribution in [2.75, 3.05) is 0 Å². The highest BCUT2D eigenvalue weighted by atomic mass is 32.1. The highest BCUT2D eigenvalue weighted by Gasteiger charge is 2.23. The van der Waals surface area contributed by atoms with E-state index in [9.17, 15) is 0 Å². The first-order chi connectivity index (χ1) is 25.8. The van der Waals surface area contributed by atoms with Crippen LogP contribution in [0.4, 0.5) is 0 Å². The van der Waals surface area contributed by atoms with E-state index in [1.54, 1.807) is 0 Å². The minimum atomic E-state index is 0.814. The summed E-state index contributed by atoms with van der Waals surface area (Å²) in [5.74, 6) is 0. The highest BCUT2D eigenvalue weighted by molar-refractivity contribution is 7.20. The van der Waals surface area contributed by atoms with Crippen molar-refractivity contribution < 1.29 is 4.42 Å². The summed E-state index contributed by atoms with van der Waals surface area (Å²) in [6.45, 7) is 0. The third kappa shape index (κ3) is 3.88. The molecule has 0 radical (unpaired) electrons. The summed E-state index contributed by atoms with van der Waals surface area (Å²) in [4.78, 5) is 6.09. The predicted octanol–water partition coefficient (Wildman–Crippen LogP) is 13.0. The molecule has 4 nitrogen and oxygen atoms in total. The van der Waals surface area contributed by atoms with E-state index in [0.29, 0.717) is 0 Å². The van der Waals surface area contributed by atoms with Crippen molar-refractivity contribution in [1.29, 1.82) is 0 Å². The van der Waals surface area contributed by atoms with Crippen LogP contribution in [0.5, 0.6) is 0 Å². The minimum Gasteiger partial charge on any atom is -0.454 e. The van der Waals surface area contributed by atoms with Crippen LogP contribution in [0.3, 0.4) is 0 Å². The molecule has 1 aliphatic carbocycles. The zero-order valence-electron chi connectivity index (χ0n) is 28.0. The number of aryl methyl sites for hydroxylation is 1. The maximum atomic E-state index is 6.08. The molecule has 1 aliphatic rings. The molecule has 244 valence electrons. The molecule has 0 aliphatic heterocycles. The summed E-state index contributed by atoms with van der Waals surface area (Å²) in [6.07, 6.45) is 6.35.